The number of hydrogen-bond acceptors (Lipinski definition) is 6. The zero-order valence-corrected chi connectivity index (χ0v) is 20.8. The number of benzene rings is 2. The molecular weight excluding hydrogens is 456 g/mol. The number of β-amino-alcohol motifs (C(OH)–C–C–N with tert-alkyl or cyclic N) is 1. The van der Waals surface area contributed by atoms with Crippen molar-refractivity contribution in [3.8, 4) is 0 Å². The molecule has 4 heterocycles. The smallest absolute Gasteiger partial charge is 0.256 e. The number of carbonyl (C=O) groups excluding carboxylic acids is 2. The lowest BCUT2D eigenvalue weighted by molar-refractivity contribution is -0.176. The zero-order chi connectivity index (χ0) is 24.9. The number of likely N-dealkylation sites (N-methyl/N-ethyl adjacent to an activating group) is 1. The molecule has 190 valence electrons. The Labute approximate surface area is 211 Å². The summed E-state index contributed by atoms with van der Waals surface area (Å²) in [4.78, 5) is 32.5. The first-order valence-corrected chi connectivity index (χ1v) is 13.0. The van der Waals surface area contributed by atoms with E-state index >= 15 is 0 Å². The van der Waals surface area contributed by atoms with Gasteiger partial charge in [-0.15, -0.1) is 0 Å². The maximum atomic E-state index is 13.6. The Balaban J connectivity index is 1.17. The minimum absolute atomic E-state index is 0.0130. The molecule has 0 radical (unpaired) electrons. The minimum Gasteiger partial charge on any atom is -0.390 e. The number of rotatable bonds is 5. The fraction of sp³-hybridized carbons (Fsp3) is 0.500. The van der Waals surface area contributed by atoms with Crippen molar-refractivity contribution in [3.63, 3.8) is 0 Å². The summed E-state index contributed by atoms with van der Waals surface area (Å²) in [6.45, 7) is 7.94. The van der Waals surface area contributed by atoms with Gasteiger partial charge in [-0.3, -0.25) is 9.59 Å². The van der Waals surface area contributed by atoms with E-state index in [-0.39, 0.29) is 29.8 Å². The van der Waals surface area contributed by atoms with E-state index in [2.05, 4.69) is 29.3 Å². The van der Waals surface area contributed by atoms with Crippen molar-refractivity contribution in [3.05, 3.63) is 64.7 Å². The Morgan fingerprint density at radius 2 is 1.89 bits per heavy atom. The third-order valence-electron chi connectivity index (χ3n) is 8.27. The molecule has 2 unspecified atom stereocenters. The number of aliphatic hydroxyl groups excluding tert-OH is 1. The molecule has 0 saturated carbocycles. The van der Waals surface area contributed by atoms with E-state index in [9.17, 15) is 14.7 Å². The van der Waals surface area contributed by atoms with Gasteiger partial charge in [-0.05, 0) is 42.7 Å². The van der Waals surface area contributed by atoms with Crippen molar-refractivity contribution < 1.29 is 19.4 Å². The third-order valence-corrected chi connectivity index (χ3v) is 8.27. The summed E-state index contributed by atoms with van der Waals surface area (Å²) in [7, 11) is 0. The summed E-state index contributed by atoms with van der Waals surface area (Å²) in [6, 6.07) is 13.6. The highest BCUT2D eigenvalue weighted by molar-refractivity contribution is 6.03. The van der Waals surface area contributed by atoms with Crippen LogP contribution < -0.4 is 10.2 Å². The van der Waals surface area contributed by atoms with Gasteiger partial charge in [0.25, 0.3) is 11.8 Å². The molecule has 2 amide bonds. The summed E-state index contributed by atoms with van der Waals surface area (Å²) < 4.78 is 5.33. The lowest BCUT2D eigenvalue weighted by atomic mass is 9.78. The number of fused-ring (bicyclic) bond motifs is 2. The average Bonchev–Trinajstić information content (AvgIpc) is 2.98. The molecule has 6 rings (SSSR count). The fourth-order valence-corrected chi connectivity index (χ4v) is 6.01. The van der Waals surface area contributed by atoms with E-state index in [1.165, 1.54) is 11.1 Å². The number of nitrogens with zero attached hydrogens (tertiary/aromatic N) is 3. The number of anilines is 1. The van der Waals surface area contributed by atoms with E-state index < -0.39 is 6.10 Å². The SMILES string of the molecule is CCN1CCN(CC(O)C2Cc3ccccc3CN2)C(=O)c2ccc(C(=O)N3CC4(COC4)C3)cc21. The standard InChI is InChI=1S/C28H34N4O4/c1-2-30-9-10-31(14-25(33)23-11-19-5-3-4-6-21(19)13-29-23)27(35)22-8-7-20(12-24(22)30)26(34)32-15-28(16-32)17-36-18-28/h3-8,12,23,25,29,33H,2,9-11,13-18H2,1H3. The third kappa shape index (κ3) is 4.07. The van der Waals surface area contributed by atoms with Gasteiger partial charge in [-0.25, -0.2) is 0 Å². The van der Waals surface area contributed by atoms with Gasteiger partial charge in [0, 0.05) is 57.4 Å². The van der Waals surface area contributed by atoms with Crippen LogP contribution in [0.15, 0.2) is 42.5 Å². The lowest BCUT2D eigenvalue weighted by Gasteiger charge is -2.54. The first kappa shape index (κ1) is 23.5. The zero-order valence-electron chi connectivity index (χ0n) is 20.8. The van der Waals surface area contributed by atoms with Crippen molar-refractivity contribution in [2.24, 2.45) is 5.41 Å². The first-order chi connectivity index (χ1) is 17.5. The summed E-state index contributed by atoms with van der Waals surface area (Å²) >= 11 is 0. The van der Waals surface area contributed by atoms with Crippen molar-refractivity contribution in [2.45, 2.75) is 32.0 Å². The minimum atomic E-state index is -0.672. The molecule has 4 aliphatic rings. The summed E-state index contributed by atoms with van der Waals surface area (Å²) in [5.74, 6) is -0.0799. The highest BCUT2D eigenvalue weighted by Gasteiger charge is 2.50. The van der Waals surface area contributed by atoms with Gasteiger partial charge in [0.2, 0.25) is 0 Å². The van der Waals surface area contributed by atoms with Gasteiger partial charge in [-0.2, -0.15) is 0 Å². The van der Waals surface area contributed by atoms with Gasteiger partial charge < -0.3 is 29.9 Å². The predicted molar refractivity (Wildman–Crippen MR) is 136 cm³/mol. The molecule has 36 heavy (non-hydrogen) atoms. The molecule has 0 aromatic heterocycles. The molecule has 1 spiro atoms. The maximum Gasteiger partial charge on any atom is 0.256 e. The van der Waals surface area contributed by atoms with Crippen LogP contribution in [0.2, 0.25) is 0 Å². The van der Waals surface area contributed by atoms with Crippen LogP contribution in [0.5, 0.6) is 0 Å². The van der Waals surface area contributed by atoms with Crippen LogP contribution in [0.25, 0.3) is 0 Å². The number of nitrogens with one attached hydrogen (secondary N) is 1. The molecular formula is C28H34N4O4. The second-order valence-corrected chi connectivity index (χ2v) is 10.7. The van der Waals surface area contributed by atoms with Crippen molar-refractivity contribution >= 4 is 17.5 Å². The van der Waals surface area contributed by atoms with Crippen LogP contribution >= 0.6 is 0 Å². The number of carbonyl (C=O) groups is 2. The highest BCUT2D eigenvalue weighted by atomic mass is 16.5. The van der Waals surface area contributed by atoms with Crippen molar-refractivity contribution in [1.29, 1.82) is 0 Å². The Morgan fingerprint density at radius 1 is 1.14 bits per heavy atom. The number of likely N-dealkylation sites (tertiary alicyclic amines) is 1. The van der Waals surface area contributed by atoms with Crippen molar-refractivity contribution in [2.75, 3.05) is 57.4 Å². The van der Waals surface area contributed by atoms with E-state index in [1.807, 2.05) is 23.1 Å². The quantitative estimate of drug-likeness (QED) is 0.661. The first-order valence-electron chi connectivity index (χ1n) is 13.0. The molecule has 2 aromatic carbocycles. The molecule has 8 heteroatoms. The van der Waals surface area contributed by atoms with Gasteiger partial charge in [0.1, 0.15) is 0 Å². The Kier molecular flexibility index (Phi) is 5.98. The molecule has 0 aliphatic carbocycles. The molecule has 2 aromatic rings. The summed E-state index contributed by atoms with van der Waals surface area (Å²) in [5, 5.41) is 14.5. The fourth-order valence-electron chi connectivity index (χ4n) is 6.01. The molecule has 4 aliphatic heterocycles. The summed E-state index contributed by atoms with van der Waals surface area (Å²) in [6.07, 6.45) is 0.0703. The van der Waals surface area contributed by atoms with Crippen LogP contribution in [-0.2, 0) is 17.7 Å². The number of ether oxygens (including phenoxy) is 1. The van der Waals surface area contributed by atoms with Gasteiger partial charge in [-0.1, -0.05) is 24.3 Å². The van der Waals surface area contributed by atoms with Crippen LogP contribution in [-0.4, -0.2) is 91.3 Å². The largest absolute Gasteiger partial charge is 0.390 e. The number of amides is 2. The topological polar surface area (TPSA) is 85.3 Å². The molecule has 2 fully saturated rings. The lowest BCUT2D eigenvalue weighted by Crippen LogP contribution is -2.67. The van der Waals surface area contributed by atoms with Crippen LogP contribution in [0.1, 0.15) is 38.8 Å². The van der Waals surface area contributed by atoms with Crippen molar-refractivity contribution in [1.82, 2.24) is 15.1 Å². The normalized spacial score (nSPS) is 23.3. The van der Waals surface area contributed by atoms with E-state index in [0.29, 0.717) is 24.2 Å². The van der Waals surface area contributed by atoms with Crippen LogP contribution in [0.4, 0.5) is 5.69 Å². The highest BCUT2D eigenvalue weighted by Crippen LogP contribution is 2.38. The van der Waals surface area contributed by atoms with Gasteiger partial charge in [0.05, 0.1) is 36.0 Å². The predicted octanol–water partition coefficient (Wildman–Crippen LogP) is 1.52. The van der Waals surface area contributed by atoms with E-state index in [4.69, 9.17) is 4.74 Å². The molecule has 0 bridgehead atoms. The number of aliphatic hydroxyl groups is 1. The Hall–Kier alpha value is -2.94. The van der Waals surface area contributed by atoms with Crippen LogP contribution in [0.3, 0.4) is 0 Å². The number of hydrogen-bond donors (Lipinski definition) is 2. The van der Waals surface area contributed by atoms with Gasteiger partial charge >= 0.3 is 0 Å². The Morgan fingerprint density at radius 3 is 2.61 bits per heavy atom. The molecule has 8 nitrogen and oxygen atoms in total. The van der Waals surface area contributed by atoms with Gasteiger partial charge in [0.15, 0.2) is 0 Å². The molecule has 2 atom stereocenters. The maximum absolute atomic E-state index is 13.6. The molecule has 2 N–H and O–H groups in total. The second kappa shape index (κ2) is 9.18. The average molecular weight is 491 g/mol. The van der Waals surface area contributed by atoms with E-state index in [0.717, 1.165) is 51.5 Å². The second-order valence-electron chi connectivity index (χ2n) is 10.7. The summed E-state index contributed by atoms with van der Waals surface area (Å²) in [5.41, 5.74) is 4.70. The van der Waals surface area contributed by atoms with E-state index in [1.54, 1.807) is 17.0 Å². The van der Waals surface area contributed by atoms with Crippen LogP contribution in [0, 0.1) is 5.41 Å². The monoisotopic (exact) mass is 490 g/mol. The molecule has 2 saturated heterocycles. The Bertz CT molecular complexity index is 1170.